The zero-order chi connectivity index (χ0) is 46.2. The topological polar surface area (TPSA) is 16.2 Å². The van der Waals surface area contributed by atoms with Crippen molar-refractivity contribution in [2.24, 2.45) is 0 Å². The molecule has 5 nitrogen and oxygen atoms in total. The van der Waals surface area contributed by atoms with E-state index in [4.69, 9.17) is 0 Å². The van der Waals surface area contributed by atoms with Crippen LogP contribution in [-0.4, -0.2) is 14.1 Å². The molecule has 0 aromatic heterocycles. The zero-order valence-electron chi connectivity index (χ0n) is 38.6. The first kappa shape index (κ1) is 43.1. The van der Waals surface area contributed by atoms with Crippen LogP contribution in [0.1, 0.15) is 5.56 Å². The van der Waals surface area contributed by atoms with Crippen LogP contribution < -0.4 is 24.5 Å². The van der Waals surface area contributed by atoms with Crippen LogP contribution in [0.3, 0.4) is 0 Å². The first-order chi connectivity index (χ1) is 33.5. The molecular formula is C63H53N5. The lowest BCUT2D eigenvalue weighted by Crippen LogP contribution is -2.13. The summed E-state index contributed by atoms with van der Waals surface area (Å²) in [5.41, 5.74) is 17.9. The highest BCUT2D eigenvalue weighted by atomic mass is 15.2. The summed E-state index contributed by atoms with van der Waals surface area (Å²) in [5.74, 6) is 0. The summed E-state index contributed by atoms with van der Waals surface area (Å²) in [7, 11) is 4.23. The second-order valence-electron chi connectivity index (χ2n) is 16.9. The fourth-order valence-corrected chi connectivity index (χ4v) is 8.87. The van der Waals surface area contributed by atoms with Gasteiger partial charge in [-0.25, -0.2) is 0 Å². The van der Waals surface area contributed by atoms with Crippen molar-refractivity contribution in [2.45, 2.75) is 6.92 Å². The molecule has 0 saturated heterocycles. The Balaban J connectivity index is 0.877. The summed E-state index contributed by atoms with van der Waals surface area (Å²) in [5, 5.41) is 0. The van der Waals surface area contributed by atoms with E-state index in [1.807, 2.05) is 6.07 Å². The van der Waals surface area contributed by atoms with Crippen molar-refractivity contribution in [3.8, 4) is 11.1 Å². The summed E-state index contributed by atoms with van der Waals surface area (Å²) in [6.07, 6.45) is 0. The second kappa shape index (κ2) is 19.7. The smallest absolute Gasteiger partial charge is 0.0464 e. The van der Waals surface area contributed by atoms with E-state index in [0.717, 1.165) is 85.1 Å². The predicted octanol–water partition coefficient (Wildman–Crippen LogP) is 17.6. The lowest BCUT2D eigenvalue weighted by Gasteiger charge is -2.28. The minimum absolute atomic E-state index is 1.08. The molecule has 0 unspecified atom stereocenters. The van der Waals surface area contributed by atoms with Crippen LogP contribution in [0.4, 0.5) is 73.9 Å². The first-order valence-electron chi connectivity index (χ1n) is 23.1. The lowest BCUT2D eigenvalue weighted by molar-refractivity contribution is 1.20. The van der Waals surface area contributed by atoms with Crippen LogP contribution in [0.2, 0.25) is 0 Å². The minimum atomic E-state index is 1.08. The molecule has 0 fully saturated rings. The van der Waals surface area contributed by atoms with Gasteiger partial charge in [-0.15, -0.1) is 0 Å². The van der Waals surface area contributed by atoms with Gasteiger partial charge >= 0.3 is 0 Å². The summed E-state index contributed by atoms with van der Waals surface area (Å²) in [6, 6.07) is 95.0. The highest BCUT2D eigenvalue weighted by Crippen LogP contribution is 2.41. The van der Waals surface area contributed by atoms with E-state index < -0.39 is 0 Å². The Hall–Kier alpha value is -8.80. The Morgan fingerprint density at radius 3 is 0.735 bits per heavy atom. The SMILES string of the molecule is Cc1cccc(N(c2ccccc2)c2ccc(N(C)c3ccc(N(c4ccccc4)c4ccc(-c5ccc(N(c6ccccc6)c6ccc(N(C)c7ccccc7)cc6)cc5)cc4)cc3)cc2)c1. The van der Waals surface area contributed by atoms with E-state index in [0.29, 0.717) is 0 Å². The molecule has 10 aromatic carbocycles. The Kier molecular flexibility index (Phi) is 12.5. The van der Waals surface area contributed by atoms with Gasteiger partial charge in [0.05, 0.1) is 0 Å². The molecular weight excluding hydrogens is 827 g/mol. The van der Waals surface area contributed by atoms with E-state index in [2.05, 4.69) is 306 Å². The Morgan fingerprint density at radius 1 is 0.206 bits per heavy atom. The highest BCUT2D eigenvalue weighted by Gasteiger charge is 2.17. The van der Waals surface area contributed by atoms with Gasteiger partial charge in [-0.05, 0) is 181 Å². The van der Waals surface area contributed by atoms with Crippen LogP contribution in [0.25, 0.3) is 11.1 Å². The number of hydrogen-bond donors (Lipinski definition) is 0. The maximum Gasteiger partial charge on any atom is 0.0464 e. The van der Waals surface area contributed by atoms with Crippen molar-refractivity contribution >= 4 is 73.9 Å². The molecule has 0 N–H and O–H groups in total. The van der Waals surface area contributed by atoms with Gasteiger partial charge in [0.25, 0.3) is 0 Å². The average molecular weight is 880 g/mol. The Labute approximate surface area is 401 Å². The molecule has 0 aliphatic carbocycles. The third-order valence-electron chi connectivity index (χ3n) is 12.5. The lowest BCUT2D eigenvalue weighted by atomic mass is 10.0. The molecule has 0 bridgehead atoms. The third kappa shape index (κ3) is 9.32. The number of anilines is 13. The van der Waals surface area contributed by atoms with Gasteiger partial charge in [0.2, 0.25) is 0 Å². The van der Waals surface area contributed by atoms with E-state index >= 15 is 0 Å². The monoisotopic (exact) mass is 879 g/mol. The number of para-hydroxylation sites is 4. The maximum atomic E-state index is 2.32. The highest BCUT2D eigenvalue weighted by molar-refractivity contribution is 5.83. The summed E-state index contributed by atoms with van der Waals surface area (Å²) >= 11 is 0. The molecule has 5 heteroatoms. The zero-order valence-corrected chi connectivity index (χ0v) is 38.6. The Morgan fingerprint density at radius 2 is 0.426 bits per heavy atom. The number of hydrogen-bond acceptors (Lipinski definition) is 5. The van der Waals surface area contributed by atoms with Gasteiger partial charge in [0.1, 0.15) is 0 Å². The fraction of sp³-hybridized carbons (Fsp3) is 0.0476. The molecule has 10 rings (SSSR count). The van der Waals surface area contributed by atoms with Crippen LogP contribution in [0.5, 0.6) is 0 Å². The van der Waals surface area contributed by atoms with E-state index in [1.165, 1.54) is 5.56 Å². The molecule has 0 aliphatic rings. The van der Waals surface area contributed by atoms with Gasteiger partial charge < -0.3 is 24.5 Å². The first-order valence-corrected chi connectivity index (χ1v) is 23.1. The molecule has 0 saturated carbocycles. The van der Waals surface area contributed by atoms with Gasteiger partial charge in [0.15, 0.2) is 0 Å². The number of benzene rings is 10. The predicted molar refractivity (Wildman–Crippen MR) is 290 cm³/mol. The van der Waals surface area contributed by atoms with Crippen molar-refractivity contribution in [1.82, 2.24) is 0 Å². The molecule has 0 aliphatic heterocycles. The van der Waals surface area contributed by atoms with Crippen LogP contribution in [0.15, 0.2) is 267 Å². The molecule has 68 heavy (non-hydrogen) atoms. The van der Waals surface area contributed by atoms with Crippen LogP contribution >= 0.6 is 0 Å². The molecule has 330 valence electrons. The van der Waals surface area contributed by atoms with Crippen LogP contribution in [0, 0.1) is 6.92 Å². The average Bonchev–Trinajstić information content (AvgIpc) is 3.41. The normalized spacial score (nSPS) is 10.9. The largest absolute Gasteiger partial charge is 0.345 e. The molecule has 0 spiro atoms. The minimum Gasteiger partial charge on any atom is -0.345 e. The van der Waals surface area contributed by atoms with E-state index in [9.17, 15) is 0 Å². The Bertz CT molecular complexity index is 3160. The number of aryl methyl sites for hydroxylation is 1. The van der Waals surface area contributed by atoms with Gasteiger partial charge in [0, 0.05) is 88.0 Å². The second-order valence-corrected chi connectivity index (χ2v) is 16.9. The van der Waals surface area contributed by atoms with Crippen molar-refractivity contribution in [3.05, 3.63) is 272 Å². The number of nitrogens with zero attached hydrogens (tertiary/aromatic N) is 5. The molecule has 10 aromatic rings. The van der Waals surface area contributed by atoms with Gasteiger partial charge in [-0.2, -0.15) is 0 Å². The molecule has 0 heterocycles. The van der Waals surface area contributed by atoms with Crippen molar-refractivity contribution in [3.63, 3.8) is 0 Å². The quantitative estimate of drug-likeness (QED) is 0.108. The standard InChI is InChI=1S/C63H53N5/c1-48-17-16-26-63(47-48)68(57-24-14-7-15-25-57)62-45-39-54(40-46-62)65(3)53-37-43-61(44-38-53)67(56-22-12-6-13-23-56)59-33-29-50(30-34-59)49-27-31-58(32-28-49)66(55-20-10-5-11-21-55)60-41-35-52(36-42-60)64(2)51-18-8-4-9-19-51/h4-47H,1-3H3. The van der Waals surface area contributed by atoms with Crippen molar-refractivity contribution in [1.29, 1.82) is 0 Å². The van der Waals surface area contributed by atoms with Crippen molar-refractivity contribution in [2.75, 3.05) is 38.6 Å². The molecule has 0 atom stereocenters. The van der Waals surface area contributed by atoms with Gasteiger partial charge in [-0.1, -0.05) is 109 Å². The van der Waals surface area contributed by atoms with E-state index in [-0.39, 0.29) is 0 Å². The third-order valence-corrected chi connectivity index (χ3v) is 12.5. The fourth-order valence-electron chi connectivity index (χ4n) is 8.87. The summed E-state index contributed by atoms with van der Waals surface area (Å²) < 4.78 is 0. The van der Waals surface area contributed by atoms with Crippen LogP contribution in [-0.2, 0) is 0 Å². The summed E-state index contributed by atoms with van der Waals surface area (Å²) in [6.45, 7) is 2.14. The van der Waals surface area contributed by atoms with Gasteiger partial charge in [-0.3, -0.25) is 0 Å². The molecule has 0 radical (unpaired) electrons. The molecule has 0 amide bonds. The summed E-state index contributed by atoms with van der Waals surface area (Å²) in [4.78, 5) is 11.4. The van der Waals surface area contributed by atoms with E-state index in [1.54, 1.807) is 0 Å². The van der Waals surface area contributed by atoms with Crippen molar-refractivity contribution < 1.29 is 0 Å². The number of rotatable bonds is 14. The maximum absolute atomic E-state index is 2.32.